The summed E-state index contributed by atoms with van der Waals surface area (Å²) >= 11 is 0. The molecule has 6 rings (SSSR count). The van der Waals surface area contributed by atoms with E-state index in [9.17, 15) is 4.79 Å². The number of rotatable bonds is 6. The number of carbonyl (C=O) groups is 1. The number of nitrogens with zero attached hydrogens (tertiary/aromatic N) is 8. The van der Waals surface area contributed by atoms with Gasteiger partial charge in [-0.25, -0.2) is 4.68 Å². The molecule has 1 aromatic carbocycles. The van der Waals surface area contributed by atoms with Gasteiger partial charge in [-0.15, -0.1) is 5.10 Å². The molecule has 1 N–H and O–H groups in total. The topological polar surface area (TPSA) is 108 Å². The Bertz CT molecular complexity index is 1570. The number of benzene rings is 1. The van der Waals surface area contributed by atoms with Gasteiger partial charge in [-0.2, -0.15) is 0 Å². The predicted molar refractivity (Wildman–Crippen MR) is 167 cm³/mol. The molecule has 43 heavy (non-hydrogen) atoms. The van der Waals surface area contributed by atoms with Gasteiger partial charge in [0.2, 0.25) is 0 Å². The van der Waals surface area contributed by atoms with Crippen LogP contribution < -0.4 is 10.2 Å². The number of carbonyl (C=O) groups excluding carboxylic acids is 1. The molecule has 226 valence electrons. The Labute approximate surface area is 252 Å². The number of aromatic nitrogens is 5. The van der Waals surface area contributed by atoms with E-state index in [4.69, 9.17) is 4.52 Å². The smallest absolute Gasteiger partial charge is 0.258 e. The molecule has 0 radical (unpaired) electrons. The first kappa shape index (κ1) is 29.0. The van der Waals surface area contributed by atoms with Crippen molar-refractivity contribution in [2.24, 2.45) is 0 Å². The van der Waals surface area contributed by atoms with Crippen LogP contribution in [0.3, 0.4) is 0 Å². The van der Waals surface area contributed by atoms with Crippen molar-refractivity contribution < 1.29 is 9.32 Å². The highest BCUT2D eigenvalue weighted by molar-refractivity contribution is 6.03. The van der Waals surface area contributed by atoms with Crippen LogP contribution in [-0.4, -0.2) is 93.2 Å². The number of anilines is 2. The lowest BCUT2D eigenvalue weighted by atomic mass is 9.93. The van der Waals surface area contributed by atoms with Gasteiger partial charge in [0.1, 0.15) is 11.5 Å². The summed E-state index contributed by atoms with van der Waals surface area (Å²) in [4.78, 5) is 25.1. The van der Waals surface area contributed by atoms with E-state index in [1.807, 2.05) is 33.9 Å². The monoisotopic (exact) mass is 583 g/mol. The van der Waals surface area contributed by atoms with Gasteiger partial charge in [0.05, 0.1) is 23.1 Å². The molecule has 0 atom stereocenters. The molecule has 0 unspecified atom stereocenters. The fourth-order valence-electron chi connectivity index (χ4n) is 5.81. The van der Waals surface area contributed by atoms with Crippen LogP contribution in [0.2, 0.25) is 0 Å². The van der Waals surface area contributed by atoms with E-state index in [-0.39, 0.29) is 11.3 Å². The van der Waals surface area contributed by atoms with Gasteiger partial charge >= 0.3 is 0 Å². The predicted octanol–water partition coefficient (Wildman–Crippen LogP) is 4.39. The van der Waals surface area contributed by atoms with Gasteiger partial charge < -0.3 is 19.6 Å². The Morgan fingerprint density at radius 3 is 2.51 bits per heavy atom. The third-order valence-electron chi connectivity index (χ3n) is 8.58. The minimum atomic E-state index is -0.327. The molecule has 11 heteroatoms. The zero-order valence-corrected chi connectivity index (χ0v) is 25.7. The molecule has 4 aromatic rings. The maximum atomic E-state index is 13.0. The Morgan fingerprint density at radius 1 is 1.02 bits per heavy atom. The molecule has 11 nitrogen and oxygen atoms in total. The number of amides is 1. The second-order valence-corrected chi connectivity index (χ2v) is 12.8. The molecule has 5 heterocycles. The fraction of sp³-hybridized carbons (Fsp3) is 0.469. The van der Waals surface area contributed by atoms with Gasteiger partial charge in [0, 0.05) is 74.2 Å². The number of likely N-dealkylation sites (N-methyl/N-ethyl adjacent to an activating group) is 1. The van der Waals surface area contributed by atoms with E-state index >= 15 is 0 Å². The van der Waals surface area contributed by atoms with Crippen LogP contribution in [0.4, 0.5) is 11.5 Å². The Balaban J connectivity index is 1.13. The van der Waals surface area contributed by atoms with Crippen LogP contribution in [0.5, 0.6) is 0 Å². The van der Waals surface area contributed by atoms with E-state index in [2.05, 4.69) is 71.8 Å². The lowest BCUT2D eigenvalue weighted by molar-refractivity contribution is 0.0982. The zero-order chi connectivity index (χ0) is 30.1. The summed E-state index contributed by atoms with van der Waals surface area (Å²) in [5, 5.41) is 15.7. The minimum Gasteiger partial charge on any atom is -0.371 e. The lowest BCUT2D eigenvalue weighted by Gasteiger charge is -2.42. The van der Waals surface area contributed by atoms with Gasteiger partial charge in [-0.1, -0.05) is 43.3 Å². The van der Waals surface area contributed by atoms with Crippen molar-refractivity contribution in [2.45, 2.75) is 52.0 Å². The summed E-state index contributed by atoms with van der Waals surface area (Å²) in [6.07, 6.45) is 5.81. The molecule has 2 aliphatic rings. The number of hydrogen-bond acceptors (Lipinski definition) is 9. The third kappa shape index (κ3) is 6.47. The standard InChI is InChI=1S/C32H41N9O2/c1-22-28(18-24(20-33-22)31(42)34-30-19-29(43-36-30)32(2,3)4)41-21-27(35-37-41)23-7-6-8-26(17-23)39-11-9-25(10-12-39)40-15-13-38(5)14-16-40/h6-8,17-21,25H,9-16H2,1-5H3,(H,34,36,42). The van der Waals surface area contributed by atoms with Crippen molar-refractivity contribution in [1.82, 2.24) is 34.9 Å². The van der Waals surface area contributed by atoms with Gasteiger partial charge in [-0.05, 0) is 45.0 Å². The van der Waals surface area contributed by atoms with Crippen molar-refractivity contribution in [1.29, 1.82) is 0 Å². The summed E-state index contributed by atoms with van der Waals surface area (Å²) in [6.45, 7) is 14.7. The van der Waals surface area contributed by atoms with Crippen molar-refractivity contribution in [2.75, 3.05) is 56.5 Å². The maximum absolute atomic E-state index is 13.0. The van der Waals surface area contributed by atoms with E-state index in [0.717, 1.165) is 43.1 Å². The average molecular weight is 584 g/mol. The molecule has 0 bridgehead atoms. The lowest BCUT2D eigenvalue weighted by Crippen LogP contribution is -2.52. The van der Waals surface area contributed by atoms with E-state index < -0.39 is 0 Å². The molecule has 3 aromatic heterocycles. The normalized spacial score (nSPS) is 17.4. The molecule has 2 saturated heterocycles. The molecule has 2 aliphatic heterocycles. The highest BCUT2D eigenvalue weighted by atomic mass is 16.5. The third-order valence-corrected chi connectivity index (χ3v) is 8.58. The Morgan fingerprint density at radius 2 is 1.79 bits per heavy atom. The van der Waals surface area contributed by atoms with Gasteiger partial charge in [0.15, 0.2) is 5.82 Å². The first-order chi connectivity index (χ1) is 20.6. The Kier molecular flexibility index (Phi) is 8.02. The summed E-state index contributed by atoms with van der Waals surface area (Å²) in [7, 11) is 2.21. The van der Waals surface area contributed by atoms with Crippen LogP contribution in [0.1, 0.15) is 55.4 Å². The summed E-state index contributed by atoms with van der Waals surface area (Å²) in [5.74, 6) is 0.732. The van der Waals surface area contributed by atoms with Crippen LogP contribution >= 0.6 is 0 Å². The second-order valence-electron chi connectivity index (χ2n) is 12.8. The summed E-state index contributed by atoms with van der Waals surface area (Å²) in [5.41, 5.74) is 4.58. The van der Waals surface area contributed by atoms with Crippen molar-refractivity contribution in [3.63, 3.8) is 0 Å². The molecular formula is C32H41N9O2. The number of hydrogen-bond donors (Lipinski definition) is 1. The van der Waals surface area contributed by atoms with Crippen LogP contribution in [-0.2, 0) is 5.41 Å². The van der Waals surface area contributed by atoms with Gasteiger partial charge in [0.25, 0.3) is 5.91 Å². The van der Waals surface area contributed by atoms with E-state index in [1.165, 1.54) is 31.6 Å². The quantitative estimate of drug-likeness (QED) is 0.354. The average Bonchev–Trinajstić information content (AvgIpc) is 3.69. The molecular weight excluding hydrogens is 542 g/mol. The first-order valence-corrected chi connectivity index (χ1v) is 15.1. The fourth-order valence-corrected chi connectivity index (χ4v) is 5.81. The summed E-state index contributed by atoms with van der Waals surface area (Å²) < 4.78 is 7.07. The molecule has 0 aliphatic carbocycles. The van der Waals surface area contributed by atoms with Crippen molar-refractivity contribution in [3.05, 3.63) is 65.8 Å². The maximum Gasteiger partial charge on any atom is 0.258 e. The highest BCUT2D eigenvalue weighted by Crippen LogP contribution is 2.28. The van der Waals surface area contributed by atoms with E-state index in [1.54, 1.807) is 23.0 Å². The number of nitrogens with one attached hydrogen (secondary N) is 1. The molecule has 0 spiro atoms. The number of piperidine rings is 1. The van der Waals surface area contributed by atoms with Gasteiger partial charge in [-0.3, -0.25) is 14.7 Å². The zero-order valence-electron chi connectivity index (χ0n) is 25.7. The number of aryl methyl sites for hydroxylation is 1. The SMILES string of the molecule is Cc1ncc(C(=O)Nc2cc(C(C)(C)C)on2)cc1-n1cc(-c2cccc(N3CCC(N4CCN(C)CC4)CC3)c2)nn1. The largest absolute Gasteiger partial charge is 0.371 e. The van der Waals surface area contributed by atoms with Crippen LogP contribution in [0.25, 0.3) is 16.9 Å². The molecule has 2 fully saturated rings. The molecule has 0 saturated carbocycles. The van der Waals surface area contributed by atoms with E-state index in [0.29, 0.717) is 28.9 Å². The number of piperazine rings is 1. The van der Waals surface area contributed by atoms with Crippen LogP contribution in [0, 0.1) is 6.92 Å². The summed E-state index contributed by atoms with van der Waals surface area (Å²) in [6, 6.07) is 12.7. The Hall–Kier alpha value is -4.09. The minimum absolute atomic E-state index is 0.208. The van der Waals surface area contributed by atoms with Crippen molar-refractivity contribution in [3.8, 4) is 16.9 Å². The van der Waals surface area contributed by atoms with Crippen molar-refractivity contribution >= 4 is 17.4 Å². The second kappa shape index (κ2) is 11.9. The van der Waals surface area contributed by atoms with Crippen LogP contribution in [0.15, 0.2) is 53.3 Å². The molecule has 1 amide bonds. The highest BCUT2D eigenvalue weighted by Gasteiger charge is 2.27. The number of pyridine rings is 1. The first-order valence-electron chi connectivity index (χ1n) is 15.1.